The fourth-order valence-corrected chi connectivity index (χ4v) is 1.99. The zero-order chi connectivity index (χ0) is 12.1. The summed E-state index contributed by atoms with van der Waals surface area (Å²) in [5.74, 6) is -0.375. The normalized spacial score (nSPS) is 12.2. The fourth-order valence-electron chi connectivity index (χ4n) is 0.820. The van der Waals surface area contributed by atoms with Crippen molar-refractivity contribution in [3.63, 3.8) is 0 Å². The van der Waals surface area contributed by atoms with E-state index in [1.165, 1.54) is 18.9 Å². The molecule has 1 heterocycles. The topological polar surface area (TPSA) is 72.3 Å². The van der Waals surface area contributed by atoms with Crippen molar-refractivity contribution in [1.82, 2.24) is 9.97 Å². The van der Waals surface area contributed by atoms with Gasteiger partial charge in [-0.25, -0.2) is 4.98 Å². The number of rotatable bonds is 5. The number of halogens is 1. The molecule has 16 heavy (non-hydrogen) atoms. The summed E-state index contributed by atoms with van der Waals surface area (Å²) in [6.45, 7) is 1.64. The molecule has 0 saturated carbocycles. The third-order valence-corrected chi connectivity index (χ3v) is 3.43. The number of ether oxygens (including phenoxy) is 1. The minimum absolute atomic E-state index is 0.428. The van der Waals surface area contributed by atoms with Crippen LogP contribution >= 0.6 is 27.7 Å². The van der Waals surface area contributed by atoms with Crippen LogP contribution in [-0.2, 0) is 4.79 Å². The van der Waals surface area contributed by atoms with Gasteiger partial charge in [-0.05, 0) is 15.9 Å². The summed E-state index contributed by atoms with van der Waals surface area (Å²) in [4.78, 5) is 18.8. The number of hydrogen-bond donors (Lipinski definition) is 1. The predicted octanol–water partition coefficient (Wildman–Crippen LogP) is 2.06. The van der Waals surface area contributed by atoms with Crippen LogP contribution in [0.3, 0.4) is 0 Å². The Hall–Kier alpha value is -0.820. The van der Waals surface area contributed by atoms with Gasteiger partial charge in [0.25, 0.3) is 0 Å². The first-order valence-electron chi connectivity index (χ1n) is 4.46. The average Bonchev–Trinajstić information content (AvgIpc) is 2.27. The van der Waals surface area contributed by atoms with Crippen molar-refractivity contribution >= 4 is 33.7 Å². The van der Waals surface area contributed by atoms with Gasteiger partial charge in [-0.3, -0.25) is 4.79 Å². The Morgan fingerprint density at radius 2 is 2.44 bits per heavy atom. The zero-order valence-corrected chi connectivity index (χ0v) is 11.2. The molecule has 5 nitrogen and oxygen atoms in total. The standard InChI is InChI=1S/C9H11BrN2O3S/c1-5(8(13)14)4-16-9-11-3-6(10)7(12-9)15-2/h3,5H,4H2,1-2H3,(H,13,14). The Kier molecular flexibility index (Phi) is 5.01. The lowest BCUT2D eigenvalue weighted by Crippen LogP contribution is -2.12. The van der Waals surface area contributed by atoms with Crippen LogP contribution in [0.25, 0.3) is 0 Å². The van der Waals surface area contributed by atoms with Crippen LogP contribution < -0.4 is 4.74 Å². The molecule has 7 heteroatoms. The van der Waals surface area contributed by atoms with E-state index in [1.807, 2.05) is 0 Å². The number of aromatic nitrogens is 2. The van der Waals surface area contributed by atoms with E-state index in [1.54, 1.807) is 13.1 Å². The molecule has 88 valence electrons. The maximum absolute atomic E-state index is 10.6. The monoisotopic (exact) mass is 306 g/mol. The first-order chi connectivity index (χ1) is 7.54. The maximum Gasteiger partial charge on any atom is 0.307 e. The summed E-state index contributed by atoms with van der Waals surface area (Å²) in [7, 11) is 1.52. The number of hydrogen-bond acceptors (Lipinski definition) is 5. The van der Waals surface area contributed by atoms with E-state index in [4.69, 9.17) is 9.84 Å². The minimum Gasteiger partial charge on any atom is -0.481 e. The predicted molar refractivity (Wildman–Crippen MR) is 63.8 cm³/mol. The first kappa shape index (κ1) is 13.2. The molecule has 1 atom stereocenters. The largest absolute Gasteiger partial charge is 0.481 e. The number of aliphatic carboxylic acids is 1. The van der Waals surface area contributed by atoms with Crippen LogP contribution in [0.4, 0.5) is 0 Å². The molecular weight excluding hydrogens is 296 g/mol. The molecule has 0 fully saturated rings. The molecule has 0 spiro atoms. The quantitative estimate of drug-likeness (QED) is 0.663. The van der Waals surface area contributed by atoms with Crippen LogP contribution in [0.5, 0.6) is 5.88 Å². The number of carbonyl (C=O) groups is 1. The third kappa shape index (κ3) is 3.64. The second kappa shape index (κ2) is 6.05. The molecule has 0 aromatic carbocycles. The molecule has 1 unspecified atom stereocenters. The highest BCUT2D eigenvalue weighted by molar-refractivity contribution is 9.10. The van der Waals surface area contributed by atoms with Gasteiger partial charge in [0.05, 0.1) is 17.5 Å². The van der Waals surface area contributed by atoms with Crippen molar-refractivity contribution < 1.29 is 14.6 Å². The van der Waals surface area contributed by atoms with E-state index in [9.17, 15) is 4.79 Å². The van der Waals surface area contributed by atoms with E-state index in [0.29, 0.717) is 21.3 Å². The highest BCUT2D eigenvalue weighted by Crippen LogP contribution is 2.25. The summed E-state index contributed by atoms with van der Waals surface area (Å²) >= 11 is 4.53. The van der Waals surface area contributed by atoms with Gasteiger partial charge in [0, 0.05) is 11.9 Å². The highest BCUT2D eigenvalue weighted by atomic mass is 79.9. The van der Waals surface area contributed by atoms with Gasteiger partial charge >= 0.3 is 5.97 Å². The van der Waals surface area contributed by atoms with Crippen molar-refractivity contribution in [2.24, 2.45) is 5.92 Å². The van der Waals surface area contributed by atoms with Gasteiger partial charge in [-0.2, -0.15) is 4.98 Å². The molecule has 0 saturated heterocycles. The Morgan fingerprint density at radius 1 is 1.75 bits per heavy atom. The molecule has 0 aliphatic rings. The van der Waals surface area contributed by atoms with Crippen molar-refractivity contribution in [2.45, 2.75) is 12.1 Å². The van der Waals surface area contributed by atoms with E-state index in [2.05, 4.69) is 25.9 Å². The molecule has 0 aliphatic carbocycles. The summed E-state index contributed by atoms with van der Waals surface area (Å²) in [6.07, 6.45) is 1.58. The number of thioether (sulfide) groups is 1. The summed E-state index contributed by atoms with van der Waals surface area (Å²) in [6, 6.07) is 0. The lowest BCUT2D eigenvalue weighted by Gasteiger charge is -2.06. The Morgan fingerprint density at radius 3 is 3.00 bits per heavy atom. The van der Waals surface area contributed by atoms with Crippen LogP contribution in [0.2, 0.25) is 0 Å². The van der Waals surface area contributed by atoms with Gasteiger partial charge in [0.1, 0.15) is 0 Å². The Bertz CT molecular complexity index is 389. The molecule has 1 rings (SSSR count). The number of carboxylic acid groups (broad SMARTS) is 1. The second-order valence-electron chi connectivity index (χ2n) is 3.06. The molecule has 1 aromatic heterocycles. The molecule has 0 aliphatic heterocycles. The van der Waals surface area contributed by atoms with Gasteiger partial charge in [-0.15, -0.1) is 0 Å². The Labute approximate surface area is 106 Å². The number of methoxy groups -OCH3 is 1. The smallest absolute Gasteiger partial charge is 0.307 e. The van der Waals surface area contributed by atoms with E-state index in [0.717, 1.165) is 0 Å². The van der Waals surface area contributed by atoms with Crippen LogP contribution in [-0.4, -0.2) is 33.9 Å². The van der Waals surface area contributed by atoms with Crippen LogP contribution in [0.1, 0.15) is 6.92 Å². The summed E-state index contributed by atoms with van der Waals surface area (Å²) in [5, 5.41) is 9.23. The van der Waals surface area contributed by atoms with Crippen LogP contribution in [0, 0.1) is 5.92 Å². The molecule has 1 N–H and O–H groups in total. The average molecular weight is 307 g/mol. The summed E-state index contributed by atoms with van der Waals surface area (Å²) < 4.78 is 5.68. The molecule has 1 aromatic rings. The van der Waals surface area contributed by atoms with Crippen molar-refractivity contribution in [2.75, 3.05) is 12.9 Å². The second-order valence-corrected chi connectivity index (χ2v) is 4.90. The summed E-state index contributed by atoms with van der Waals surface area (Å²) in [5.41, 5.74) is 0. The number of carboxylic acids is 1. The van der Waals surface area contributed by atoms with Gasteiger partial charge in [0.2, 0.25) is 5.88 Å². The molecule has 0 radical (unpaired) electrons. The van der Waals surface area contributed by atoms with E-state index >= 15 is 0 Å². The van der Waals surface area contributed by atoms with Crippen molar-refractivity contribution in [3.8, 4) is 5.88 Å². The molecule has 0 amide bonds. The number of nitrogens with zero attached hydrogens (tertiary/aromatic N) is 2. The fraction of sp³-hybridized carbons (Fsp3) is 0.444. The van der Waals surface area contributed by atoms with Gasteiger partial charge in [-0.1, -0.05) is 18.7 Å². The third-order valence-electron chi connectivity index (χ3n) is 1.77. The Balaban J connectivity index is 2.64. The van der Waals surface area contributed by atoms with Crippen molar-refractivity contribution in [1.29, 1.82) is 0 Å². The first-order valence-corrected chi connectivity index (χ1v) is 6.24. The van der Waals surface area contributed by atoms with E-state index < -0.39 is 11.9 Å². The highest BCUT2D eigenvalue weighted by Gasteiger charge is 2.13. The lowest BCUT2D eigenvalue weighted by molar-refractivity contribution is -0.140. The SMILES string of the molecule is COc1nc(SCC(C)C(=O)O)ncc1Br. The van der Waals surface area contributed by atoms with Crippen LogP contribution in [0.15, 0.2) is 15.8 Å². The van der Waals surface area contributed by atoms with Gasteiger partial charge < -0.3 is 9.84 Å². The van der Waals surface area contributed by atoms with Crippen molar-refractivity contribution in [3.05, 3.63) is 10.7 Å². The van der Waals surface area contributed by atoms with Gasteiger partial charge in [0.15, 0.2) is 5.16 Å². The molecular formula is C9H11BrN2O3S. The maximum atomic E-state index is 10.6. The minimum atomic E-state index is -0.823. The molecule has 0 bridgehead atoms. The lowest BCUT2D eigenvalue weighted by atomic mass is 10.2. The van der Waals surface area contributed by atoms with E-state index in [-0.39, 0.29) is 0 Å². The zero-order valence-electron chi connectivity index (χ0n) is 8.81.